The van der Waals surface area contributed by atoms with Gasteiger partial charge in [0.1, 0.15) is 0 Å². The van der Waals surface area contributed by atoms with Crippen LogP contribution in [-0.2, 0) is 14.4 Å². The molecule has 1 aliphatic carbocycles. The summed E-state index contributed by atoms with van der Waals surface area (Å²) in [6, 6.07) is 17.5. The highest BCUT2D eigenvalue weighted by Gasteiger charge is 2.39. The van der Waals surface area contributed by atoms with E-state index in [0.29, 0.717) is 31.0 Å². The second-order valence-electron chi connectivity index (χ2n) is 11.1. The summed E-state index contributed by atoms with van der Waals surface area (Å²) >= 11 is 0. The molecule has 3 amide bonds. The predicted octanol–water partition coefficient (Wildman–Crippen LogP) is 4.68. The van der Waals surface area contributed by atoms with Gasteiger partial charge in [0.2, 0.25) is 18.0 Å². The number of unbranched alkanes of at least 4 members (excludes halogenated alkanes) is 1. The van der Waals surface area contributed by atoms with Crippen molar-refractivity contribution in [3.63, 3.8) is 0 Å². The SMILES string of the molecule is CCCC[C@H](C(N)=O)[C@@H](CC(C)C)C(=O)NC1N=C(c2ccccc2)c2ccccc2N(CC2CC2)C1=O. The van der Waals surface area contributed by atoms with Gasteiger partial charge in [-0.05, 0) is 43.6 Å². The number of benzodiazepines with no additional fused rings is 1. The summed E-state index contributed by atoms with van der Waals surface area (Å²) in [7, 11) is 0. The smallest absolute Gasteiger partial charge is 0.272 e. The minimum Gasteiger partial charge on any atom is -0.369 e. The Hall–Kier alpha value is -3.48. The van der Waals surface area contributed by atoms with Crippen molar-refractivity contribution >= 4 is 29.1 Å². The molecule has 2 aromatic carbocycles. The molecular formula is C31H40N4O3. The van der Waals surface area contributed by atoms with Crippen LogP contribution in [0.3, 0.4) is 0 Å². The summed E-state index contributed by atoms with van der Waals surface area (Å²) in [4.78, 5) is 47.0. The molecule has 0 aromatic heterocycles. The van der Waals surface area contributed by atoms with Crippen molar-refractivity contribution in [1.29, 1.82) is 0 Å². The van der Waals surface area contributed by atoms with Gasteiger partial charge in [0.05, 0.1) is 11.4 Å². The Labute approximate surface area is 225 Å². The molecule has 0 bridgehead atoms. The molecule has 2 aliphatic rings. The highest BCUT2D eigenvalue weighted by Crippen LogP contribution is 2.35. The number of anilines is 1. The van der Waals surface area contributed by atoms with Gasteiger partial charge in [-0.15, -0.1) is 0 Å². The number of hydrogen-bond donors (Lipinski definition) is 2. The molecule has 0 spiro atoms. The quantitative estimate of drug-likeness (QED) is 0.428. The van der Waals surface area contributed by atoms with Crippen molar-refractivity contribution in [3.05, 3.63) is 65.7 Å². The van der Waals surface area contributed by atoms with E-state index in [0.717, 1.165) is 42.5 Å². The predicted molar refractivity (Wildman–Crippen MR) is 151 cm³/mol. The molecule has 3 atom stereocenters. The minimum atomic E-state index is -1.10. The number of nitrogens with zero attached hydrogens (tertiary/aromatic N) is 2. The van der Waals surface area contributed by atoms with Gasteiger partial charge in [0.15, 0.2) is 0 Å². The van der Waals surface area contributed by atoms with E-state index in [4.69, 9.17) is 10.7 Å². The van der Waals surface area contributed by atoms with Crippen LogP contribution in [0.5, 0.6) is 0 Å². The zero-order valence-corrected chi connectivity index (χ0v) is 22.7. The molecule has 7 nitrogen and oxygen atoms in total. The first-order valence-corrected chi connectivity index (χ1v) is 13.9. The van der Waals surface area contributed by atoms with Crippen molar-refractivity contribution in [2.45, 2.75) is 65.5 Å². The van der Waals surface area contributed by atoms with E-state index in [1.807, 2.05) is 75.4 Å². The second-order valence-corrected chi connectivity index (χ2v) is 11.1. The van der Waals surface area contributed by atoms with Gasteiger partial charge in [0.25, 0.3) is 5.91 Å². The third-order valence-electron chi connectivity index (χ3n) is 7.45. The third kappa shape index (κ3) is 6.50. The van der Waals surface area contributed by atoms with Gasteiger partial charge in [-0.2, -0.15) is 0 Å². The molecule has 38 heavy (non-hydrogen) atoms. The monoisotopic (exact) mass is 516 g/mol. The fraction of sp³-hybridized carbons (Fsp3) is 0.484. The van der Waals surface area contributed by atoms with Crippen LogP contribution in [0.4, 0.5) is 5.69 Å². The Kier molecular flexibility index (Phi) is 8.97. The Morgan fingerprint density at radius 2 is 1.74 bits per heavy atom. The molecule has 4 rings (SSSR count). The number of aliphatic imine (C=N–C) groups is 1. The Morgan fingerprint density at radius 1 is 1.05 bits per heavy atom. The van der Waals surface area contributed by atoms with E-state index in [2.05, 4.69) is 5.32 Å². The van der Waals surface area contributed by atoms with Crippen LogP contribution in [0.25, 0.3) is 0 Å². The molecule has 2 aromatic rings. The molecule has 3 N–H and O–H groups in total. The maximum Gasteiger partial charge on any atom is 0.272 e. The highest BCUT2D eigenvalue weighted by atomic mass is 16.2. The first-order valence-electron chi connectivity index (χ1n) is 13.9. The Balaban J connectivity index is 1.73. The molecule has 0 radical (unpaired) electrons. The Bertz CT molecular complexity index is 1170. The lowest BCUT2D eigenvalue weighted by molar-refractivity contribution is -0.136. The van der Waals surface area contributed by atoms with E-state index in [-0.39, 0.29) is 17.7 Å². The number of fused-ring (bicyclic) bond motifs is 1. The van der Waals surface area contributed by atoms with E-state index in [9.17, 15) is 14.4 Å². The van der Waals surface area contributed by atoms with Gasteiger partial charge in [-0.25, -0.2) is 4.99 Å². The average Bonchev–Trinajstić information content (AvgIpc) is 3.74. The van der Waals surface area contributed by atoms with E-state index < -0.39 is 23.9 Å². The summed E-state index contributed by atoms with van der Waals surface area (Å²) in [5, 5.41) is 2.96. The van der Waals surface area contributed by atoms with E-state index in [1.165, 1.54) is 0 Å². The standard InChI is InChI=1S/C31H40N4O3/c1-4-5-13-23(28(32)36)25(18-20(2)3)30(37)34-29-31(38)35(19-21-16-17-21)26-15-10-9-14-24(26)27(33-29)22-11-7-6-8-12-22/h6-12,14-15,20-21,23,25,29H,4-5,13,16-19H2,1-3H3,(H2,32,36)(H,34,37)/t23-,25+,29?/m0/s1. The second kappa shape index (κ2) is 12.4. The lowest BCUT2D eigenvalue weighted by Gasteiger charge is -2.29. The molecule has 7 heteroatoms. The Morgan fingerprint density at radius 3 is 2.37 bits per heavy atom. The minimum absolute atomic E-state index is 0.179. The van der Waals surface area contributed by atoms with Crippen LogP contribution in [-0.4, -0.2) is 36.1 Å². The average molecular weight is 517 g/mol. The lowest BCUT2D eigenvalue weighted by atomic mass is 9.81. The van der Waals surface area contributed by atoms with Crippen LogP contribution in [0.1, 0.15) is 70.4 Å². The first-order chi connectivity index (χ1) is 18.3. The molecule has 1 aliphatic heterocycles. The first kappa shape index (κ1) is 27.6. The van der Waals surface area contributed by atoms with Crippen LogP contribution in [0, 0.1) is 23.7 Å². The van der Waals surface area contributed by atoms with E-state index >= 15 is 0 Å². The summed E-state index contributed by atoms with van der Waals surface area (Å²) < 4.78 is 0. The number of para-hydroxylation sites is 1. The molecule has 1 unspecified atom stereocenters. The number of amides is 3. The highest BCUT2D eigenvalue weighted by molar-refractivity contribution is 6.20. The fourth-order valence-electron chi connectivity index (χ4n) is 5.27. The van der Waals surface area contributed by atoms with Gasteiger partial charge >= 0.3 is 0 Å². The number of rotatable bonds is 12. The maximum atomic E-state index is 14.0. The van der Waals surface area contributed by atoms with Gasteiger partial charge in [0, 0.05) is 29.5 Å². The number of hydrogen-bond acceptors (Lipinski definition) is 4. The zero-order chi connectivity index (χ0) is 27.2. The number of carbonyl (C=O) groups is 3. The van der Waals surface area contributed by atoms with Crippen LogP contribution < -0.4 is 16.0 Å². The molecule has 202 valence electrons. The molecule has 1 heterocycles. The normalized spacial score (nSPS) is 18.8. The number of carbonyl (C=O) groups excluding carboxylic acids is 3. The van der Waals surface area contributed by atoms with Crippen molar-refractivity contribution in [2.75, 3.05) is 11.4 Å². The van der Waals surface area contributed by atoms with Gasteiger partial charge in [-0.3, -0.25) is 14.4 Å². The van der Waals surface area contributed by atoms with Crippen LogP contribution in [0.15, 0.2) is 59.6 Å². The third-order valence-corrected chi connectivity index (χ3v) is 7.45. The summed E-state index contributed by atoms with van der Waals surface area (Å²) in [5.41, 5.74) is 9.00. The summed E-state index contributed by atoms with van der Waals surface area (Å²) in [5.74, 6) is -1.65. The zero-order valence-electron chi connectivity index (χ0n) is 22.7. The van der Waals surface area contributed by atoms with Gasteiger partial charge in [-0.1, -0.05) is 82.1 Å². The van der Waals surface area contributed by atoms with Crippen molar-refractivity contribution in [3.8, 4) is 0 Å². The van der Waals surface area contributed by atoms with Crippen LogP contribution in [0.2, 0.25) is 0 Å². The van der Waals surface area contributed by atoms with Crippen molar-refractivity contribution < 1.29 is 14.4 Å². The number of nitrogens with two attached hydrogens (primary N) is 1. The lowest BCUT2D eigenvalue weighted by Crippen LogP contribution is -2.51. The molecule has 1 saturated carbocycles. The number of nitrogens with one attached hydrogen (secondary N) is 1. The largest absolute Gasteiger partial charge is 0.369 e. The van der Waals surface area contributed by atoms with Crippen LogP contribution >= 0.6 is 0 Å². The topological polar surface area (TPSA) is 105 Å². The molecule has 1 fully saturated rings. The number of primary amides is 1. The summed E-state index contributed by atoms with van der Waals surface area (Å²) in [6.45, 7) is 6.69. The maximum absolute atomic E-state index is 14.0. The number of benzene rings is 2. The molecular weight excluding hydrogens is 476 g/mol. The van der Waals surface area contributed by atoms with E-state index in [1.54, 1.807) is 4.90 Å². The van der Waals surface area contributed by atoms with Gasteiger partial charge < -0.3 is 16.0 Å². The van der Waals surface area contributed by atoms with Crippen molar-refractivity contribution in [2.24, 2.45) is 34.4 Å². The summed E-state index contributed by atoms with van der Waals surface area (Å²) in [6.07, 6.45) is 3.84. The fourth-order valence-corrected chi connectivity index (χ4v) is 5.27. The molecule has 0 saturated heterocycles. The van der Waals surface area contributed by atoms with Crippen molar-refractivity contribution in [1.82, 2.24) is 5.32 Å².